The molecule has 0 aliphatic heterocycles. The van der Waals surface area contributed by atoms with Crippen LogP contribution in [0.4, 0.5) is 4.39 Å². The minimum atomic E-state index is -3.77. The van der Waals surface area contributed by atoms with E-state index in [1.165, 1.54) is 10.4 Å². The zero-order chi connectivity index (χ0) is 18.4. The number of aromatic nitrogens is 1. The molecule has 0 fully saturated rings. The van der Waals surface area contributed by atoms with Crippen LogP contribution in [0.1, 0.15) is 29.9 Å². The molecule has 0 unspecified atom stereocenters. The molecule has 1 N–H and O–H groups in total. The minimum absolute atomic E-state index is 0.111. The first-order valence-corrected chi connectivity index (χ1v) is 9.32. The molecule has 2 rings (SSSR count). The van der Waals surface area contributed by atoms with E-state index in [9.17, 15) is 17.6 Å². The van der Waals surface area contributed by atoms with Crippen molar-refractivity contribution < 1.29 is 17.6 Å². The predicted octanol–water partition coefficient (Wildman–Crippen LogP) is 2.18. The standard InChI is InChI=1S/C17H20FN3O3S/c1-3-21(4-2)25(23,24)14-8-9-16(18)15(11-14)17(22)20-12-13-7-5-6-10-19-13/h5-11H,3-4,12H2,1-2H3,(H,20,22). The lowest BCUT2D eigenvalue weighted by Gasteiger charge is -2.18. The average Bonchev–Trinajstić information content (AvgIpc) is 2.61. The van der Waals surface area contributed by atoms with Crippen LogP contribution in [-0.2, 0) is 16.6 Å². The molecular formula is C17H20FN3O3S. The lowest BCUT2D eigenvalue weighted by atomic mass is 10.2. The van der Waals surface area contributed by atoms with Gasteiger partial charge in [-0.2, -0.15) is 4.31 Å². The van der Waals surface area contributed by atoms with Gasteiger partial charge in [0.15, 0.2) is 0 Å². The number of carbonyl (C=O) groups is 1. The topological polar surface area (TPSA) is 79.4 Å². The predicted molar refractivity (Wildman–Crippen MR) is 91.9 cm³/mol. The summed E-state index contributed by atoms with van der Waals surface area (Å²) in [6.07, 6.45) is 1.58. The van der Waals surface area contributed by atoms with Crippen molar-refractivity contribution in [2.24, 2.45) is 0 Å². The maximum Gasteiger partial charge on any atom is 0.254 e. The fourth-order valence-electron chi connectivity index (χ4n) is 2.32. The highest BCUT2D eigenvalue weighted by molar-refractivity contribution is 7.89. The second-order valence-electron chi connectivity index (χ2n) is 5.23. The van der Waals surface area contributed by atoms with Crippen molar-refractivity contribution in [3.63, 3.8) is 0 Å². The molecule has 134 valence electrons. The van der Waals surface area contributed by atoms with Crippen molar-refractivity contribution in [2.45, 2.75) is 25.3 Å². The van der Waals surface area contributed by atoms with E-state index in [4.69, 9.17) is 0 Å². The zero-order valence-corrected chi connectivity index (χ0v) is 14.9. The minimum Gasteiger partial charge on any atom is -0.346 e. The molecule has 25 heavy (non-hydrogen) atoms. The van der Waals surface area contributed by atoms with E-state index in [2.05, 4.69) is 10.3 Å². The molecule has 0 saturated carbocycles. The summed E-state index contributed by atoms with van der Waals surface area (Å²) in [6.45, 7) is 4.12. The second kappa shape index (κ2) is 8.17. The fraction of sp³-hybridized carbons (Fsp3) is 0.294. The van der Waals surface area contributed by atoms with Gasteiger partial charge in [-0.15, -0.1) is 0 Å². The van der Waals surface area contributed by atoms with Gasteiger partial charge in [-0.25, -0.2) is 12.8 Å². The first-order chi connectivity index (χ1) is 11.9. The Kier molecular flexibility index (Phi) is 6.22. The first kappa shape index (κ1) is 19.0. The molecule has 0 spiro atoms. The van der Waals surface area contributed by atoms with E-state index in [1.807, 2.05) is 0 Å². The quantitative estimate of drug-likeness (QED) is 0.816. The summed E-state index contributed by atoms with van der Waals surface area (Å²) >= 11 is 0. The van der Waals surface area contributed by atoms with Crippen molar-refractivity contribution in [1.29, 1.82) is 0 Å². The van der Waals surface area contributed by atoms with Crippen molar-refractivity contribution in [2.75, 3.05) is 13.1 Å². The molecule has 2 aromatic rings. The number of pyridine rings is 1. The number of benzene rings is 1. The smallest absolute Gasteiger partial charge is 0.254 e. The second-order valence-corrected chi connectivity index (χ2v) is 7.17. The molecule has 6 nitrogen and oxygen atoms in total. The summed E-state index contributed by atoms with van der Waals surface area (Å²) in [6, 6.07) is 8.46. The molecule has 1 heterocycles. The van der Waals surface area contributed by atoms with Crippen LogP contribution >= 0.6 is 0 Å². The summed E-state index contributed by atoms with van der Waals surface area (Å²) in [4.78, 5) is 16.2. The van der Waals surface area contributed by atoms with Crippen LogP contribution in [0.2, 0.25) is 0 Å². The Hall–Kier alpha value is -2.32. The molecule has 0 saturated heterocycles. The average molecular weight is 365 g/mol. The summed E-state index contributed by atoms with van der Waals surface area (Å²) in [5.41, 5.74) is 0.298. The number of hydrogen-bond acceptors (Lipinski definition) is 4. The number of hydrogen-bond donors (Lipinski definition) is 1. The SMILES string of the molecule is CCN(CC)S(=O)(=O)c1ccc(F)c(C(=O)NCc2ccccn2)c1. The van der Waals surface area contributed by atoms with Crippen LogP contribution in [0.15, 0.2) is 47.5 Å². The maximum absolute atomic E-state index is 14.0. The van der Waals surface area contributed by atoms with E-state index in [1.54, 1.807) is 38.2 Å². The maximum atomic E-state index is 14.0. The van der Waals surface area contributed by atoms with Crippen LogP contribution in [0, 0.1) is 5.82 Å². The van der Waals surface area contributed by atoms with E-state index in [-0.39, 0.29) is 30.1 Å². The number of carbonyl (C=O) groups excluding carboxylic acids is 1. The van der Waals surface area contributed by atoms with Gasteiger partial charge in [-0.05, 0) is 30.3 Å². The fourth-order valence-corrected chi connectivity index (χ4v) is 3.80. The molecule has 0 aliphatic carbocycles. The largest absolute Gasteiger partial charge is 0.346 e. The number of nitrogens with one attached hydrogen (secondary N) is 1. The first-order valence-electron chi connectivity index (χ1n) is 7.88. The molecule has 1 aromatic carbocycles. The van der Waals surface area contributed by atoms with Crippen molar-refractivity contribution in [3.05, 3.63) is 59.7 Å². The van der Waals surface area contributed by atoms with Gasteiger partial charge in [0.25, 0.3) is 5.91 Å². The van der Waals surface area contributed by atoms with Gasteiger partial charge < -0.3 is 5.32 Å². The number of halogens is 1. The Morgan fingerprint density at radius 1 is 1.20 bits per heavy atom. The summed E-state index contributed by atoms with van der Waals surface area (Å²) in [7, 11) is -3.77. The monoisotopic (exact) mass is 365 g/mol. The van der Waals surface area contributed by atoms with Gasteiger partial charge in [0.2, 0.25) is 10.0 Å². The van der Waals surface area contributed by atoms with Gasteiger partial charge in [0.1, 0.15) is 5.82 Å². The molecule has 0 aliphatic rings. The van der Waals surface area contributed by atoms with Crippen LogP contribution in [-0.4, -0.2) is 36.7 Å². The van der Waals surface area contributed by atoms with E-state index < -0.39 is 21.7 Å². The number of sulfonamides is 1. The van der Waals surface area contributed by atoms with Gasteiger partial charge in [-0.1, -0.05) is 19.9 Å². The van der Waals surface area contributed by atoms with E-state index in [0.29, 0.717) is 5.69 Å². The zero-order valence-electron chi connectivity index (χ0n) is 14.1. The highest BCUT2D eigenvalue weighted by Gasteiger charge is 2.24. The molecule has 1 aromatic heterocycles. The Labute approximate surface area is 146 Å². The Bertz CT molecular complexity index is 837. The van der Waals surface area contributed by atoms with Gasteiger partial charge in [0, 0.05) is 19.3 Å². The van der Waals surface area contributed by atoms with Gasteiger partial charge >= 0.3 is 0 Å². The van der Waals surface area contributed by atoms with Crippen LogP contribution < -0.4 is 5.32 Å². The number of amides is 1. The van der Waals surface area contributed by atoms with Crippen LogP contribution in [0.3, 0.4) is 0 Å². The molecule has 0 bridgehead atoms. The Balaban J connectivity index is 2.25. The summed E-state index contributed by atoms with van der Waals surface area (Å²) in [5.74, 6) is -1.48. The van der Waals surface area contributed by atoms with Gasteiger partial charge in [-0.3, -0.25) is 9.78 Å². The van der Waals surface area contributed by atoms with E-state index in [0.717, 1.165) is 12.1 Å². The summed E-state index contributed by atoms with van der Waals surface area (Å²) < 4.78 is 40.3. The summed E-state index contributed by atoms with van der Waals surface area (Å²) in [5, 5.41) is 2.54. The lowest BCUT2D eigenvalue weighted by molar-refractivity contribution is 0.0946. The highest BCUT2D eigenvalue weighted by Crippen LogP contribution is 2.19. The van der Waals surface area contributed by atoms with E-state index >= 15 is 0 Å². The third kappa shape index (κ3) is 4.40. The molecule has 0 atom stereocenters. The van der Waals surface area contributed by atoms with Crippen molar-refractivity contribution >= 4 is 15.9 Å². The Morgan fingerprint density at radius 2 is 1.92 bits per heavy atom. The normalized spacial score (nSPS) is 11.5. The molecule has 8 heteroatoms. The van der Waals surface area contributed by atoms with Crippen molar-refractivity contribution in [1.82, 2.24) is 14.6 Å². The third-order valence-corrected chi connectivity index (χ3v) is 5.73. The van der Waals surface area contributed by atoms with Crippen molar-refractivity contribution in [3.8, 4) is 0 Å². The molecular weight excluding hydrogens is 345 g/mol. The molecule has 1 amide bonds. The van der Waals surface area contributed by atoms with Crippen LogP contribution in [0.5, 0.6) is 0 Å². The number of nitrogens with zero attached hydrogens (tertiary/aromatic N) is 2. The van der Waals surface area contributed by atoms with Gasteiger partial charge in [0.05, 0.1) is 22.7 Å². The number of rotatable bonds is 7. The molecule has 0 radical (unpaired) electrons. The lowest BCUT2D eigenvalue weighted by Crippen LogP contribution is -2.31. The van der Waals surface area contributed by atoms with Crippen LogP contribution in [0.25, 0.3) is 0 Å². The highest BCUT2D eigenvalue weighted by atomic mass is 32.2. The Morgan fingerprint density at radius 3 is 2.52 bits per heavy atom. The third-order valence-electron chi connectivity index (χ3n) is 3.68.